The van der Waals surface area contributed by atoms with Crippen LogP contribution >= 0.6 is 0 Å². The number of pyridine rings is 1. The van der Waals surface area contributed by atoms with E-state index in [9.17, 15) is 9.59 Å². The summed E-state index contributed by atoms with van der Waals surface area (Å²) in [5.74, 6) is -1.41. The fourth-order valence-corrected chi connectivity index (χ4v) is 3.68. The standard InChI is InChI=1S/C26H27NO4/c28-24(19-26(29)30)25(31-18-15-20-13-16-27-17-14-20)12-11-23(21-7-3-1-4-8-21)22-9-5-2-6-10-22/h1-10,13-14,16-17,23,25H,11-12,15,18-19H2,(H,29,30). The van der Waals surface area contributed by atoms with E-state index < -0.39 is 18.5 Å². The molecule has 0 bridgehead atoms. The van der Waals surface area contributed by atoms with Crippen LogP contribution < -0.4 is 0 Å². The van der Waals surface area contributed by atoms with Crippen molar-refractivity contribution >= 4 is 11.8 Å². The Labute approximate surface area is 182 Å². The van der Waals surface area contributed by atoms with Gasteiger partial charge in [-0.25, -0.2) is 0 Å². The second kappa shape index (κ2) is 11.8. The molecule has 160 valence electrons. The summed E-state index contributed by atoms with van der Waals surface area (Å²) in [5, 5.41) is 9.09. The second-order valence-electron chi connectivity index (χ2n) is 7.45. The molecule has 0 aliphatic rings. The lowest BCUT2D eigenvalue weighted by Gasteiger charge is -2.22. The molecule has 0 spiro atoms. The number of nitrogens with zero attached hydrogens (tertiary/aromatic N) is 1. The summed E-state index contributed by atoms with van der Waals surface area (Å²) in [6, 6.07) is 24.1. The van der Waals surface area contributed by atoms with Crippen molar-refractivity contribution in [3.8, 4) is 0 Å². The SMILES string of the molecule is O=C(O)CC(=O)C(CCC(c1ccccc1)c1ccccc1)OCCc1ccncc1. The molecular formula is C26H27NO4. The summed E-state index contributed by atoms with van der Waals surface area (Å²) in [4.78, 5) is 27.7. The van der Waals surface area contributed by atoms with Gasteiger partial charge in [0, 0.05) is 18.3 Å². The van der Waals surface area contributed by atoms with Crippen molar-refractivity contribution < 1.29 is 19.4 Å². The molecule has 0 saturated carbocycles. The number of rotatable bonds is 12. The largest absolute Gasteiger partial charge is 0.481 e. The first kappa shape index (κ1) is 22.4. The summed E-state index contributed by atoms with van der Waals surface area (Å²) in [6.45, 7) is 0.349. The van der Waals surface area contributed by atoms with Crippen molar-refractivity contribution in [2.75, 3.05) is 6.61 Å². The molecule has 5 heteroatoms. The number of hydrogen-bond donors (Lipinski definition) is 1. The first-order chi connectivity index (χ1) is 15.1. The molecule has 2 aromatic carbocycles. The Morgan fingerprint density at radius 3 is 1.97 bits per heavy atom. The van der Waals surface area contributed by atoms with E-state index in [0.717, 1.165) is 16.7 Å². The van der Waals surface area contributed by atoms with Gasteiger partial charge in [-0.15, -0.1) is 0 Å². The summed E-state index contributed by atoms with van der Waals surface area (Å²) in [7, 11) is 0. The number of ether oxygens (including phenoxy) is 1. The maximum Gasteiger partial charge on any atom is 0.310 e. The van der Waals surface area contributed by atoms with Gasteiger partial charge < -0.3 is 9.84 Å². The van der Waals surface area contributed by atoms with Crippen LogP contribution in [0, 0.1) is 0 Å². The monoisotopic (exact) mass is 417 g/mol. The minimum absolute atomic E-state index is 0.103. The average Bonchev–Trinajstić information content (AvgIpc) is 2.79. The molecule has 3 rings (SSSR count). The molecule has 0 aliphatic carbocycles. The Morgan fingerprint density at radius 1 is 0.839 bits per heavy atom. The quantitative estimate of drug-likeness (QED) is 0.434. The molecule has 0 aliphatic heterocycles. The van der Waals surface area contributed by atoms with E-state index in [0.29, 0.717) is 25.9 Å². The van der Waals surface area contributed by atoms with Crippen LogP contribution in [0.3, 0.4) is 0 Å². The van der Waals surface area contributed by atoms with Crippen LogP contribution in [0.25, 0.3) is 0 Å². The molecule has 1 unspecified atom stereocenters. The smallest absolute Gasteiger partial charge is 0.310 e. The third-order valence-electron chi connectivity index (χ3n) is 5.27. The van der Waals surface area contributed by atoms with Gasteiger partial charge in [0.05, 0.1) is 6.61 Å². The number of ketones is 1. The summed E-state index contributed by atoms with van der Waals surface area (Å²) in [5.41, 5.74) is 3.38. The van der Waals surface area contributed by atoms with Crippen molar-refractivity contribution in [3.63, 3.8) is 0 Å². The highest BCUT2D eigenvalue weighted by Crippen LogP contribution is 2.30. The number of carboxylic acids is 1. The highest BCUT2D eigenvalue weighted by molar-refractivity contribution is 5.97. The van der Waals surface area contributed by atoms with E-state index in [-0.39, 0.29) is 11.7 Å². The maximum atomic E-state index is 12.6. The van der Waals surface area contributed by atoms with Gasteiger partial charge in [0.15, 0.2) is 5.78 Å². The lowest BCUT2D eigenvalue weighted by atomic mass is 9.86. The predicted octanol–water partition coefficient (Wildman–Crippen LogP) is 4.67. The van der Waals surface area contributed by atoms with E-state index in [1.807, 2.05) is 48.5 Å². The maximum absolute atomic E-state index is 12.6. The molecule has 0 saturated heterocycles. The van der Waals surface area contributed by atoms with Crippen molar-refractivity contribution in [2.45, 2.75) is 37.7 Å². The van der Waals surface area contributed by atoms with Gasteiger partial charge in [0.25, 0.3) is 0 Å². The highest BCUT2D eigenvalue weighted by atomic mass is 16.5. The normalized spacial score (nSPS) is 11.9. The molecular weight excluding hydrogens is 390 g/mol. The van der Waals surface area contributed by atoms with E-state index in [4.69, 9.17) is 9.84 Å². The van der Waals surface area contributed by atoms with Gasteiger partial charge in [-0.1, -0.05) is 60.7 Å². The van der Waals surface area contributed by atoms with Gasteiger partial charge >= 0.3 is 5.97 Å². The van der Waals surface area contributed by atoms with Crippen LogP contribution in [-0.4, -0.2) is 34.6 Å². The van der Waals surface area contributed by atoms with Crippen molar-refractivity contribution in [3.05, 3.63) is 102 Å². The van der Waals surface area contributed by atoms with Gasteiger partial charge in [-0.2, -0.15) is 0 Å². The van der Waals surface area contributed by atoms with E-state index in [2.05, 4.69) is 29.2 Å². The number of carbonyl (C=O) groups is 2. The molecule has 1 aromatic heterocycles. The Hall–Kier alpha value is -3.31. The van der Waals surface area contributed by atoms with Crippen molar-refractivity contribution in [2.24, 2.45) is 0 Å². The van der Waals surface area contributed by atoms with Gasteiger partial charge in [0.1, 0.15) is 12.5 Å². The Morgan fingerprint density at radius 2 is 1.42 bits per heavy atom. The zero-order valence-electron chi connectivity index (χ0n) is 17.4. The zero-order chi connectivity index (χ0) is 21.9. The number of benzene rings is 2. The molecule has 31 heavy (non-hydrogen) atoms. The van der Waals surface area contributed by atoms with Crippen LogP contribution in [0.1, 0.15) is 41.9 Å². The average molecular weight is 418 g/mol. The Kier molecular flexibility index (Phi) is 8.49. The first-order valence-electron chi connectivity index (χ1n) is 10.5. The number of Topliss-reactive ketones (excluding diaryl/α,β-unsaturated/α-hetero) is 1. The number of aromatic nitrogens is 1. The zero-order valence-corrected chi connectivity index (χ0v) is 17.4. The molecule has 0 amide bonds. The highest BCUT2D eigenvalue weighted by Gasteiger charge is 2.24. The van der Waals surface area contributed by atoms with Gasteiger partial charge in [0.2, 0.25) is 0 Å². The van der Waals surface area contributed by atoms with Crippen LogP contribution in [0.15, 0.2) is 85.2 Å². The van der Waals surface area contributed by atoms with Crippen molar-refractivity contribution in [1.82, 2.24) is 4.98 Å². The molecule has 0 radical (unpaired) electrons. The molecule has 1 heterocycles. The fourth-order valence-electron chi connectivity index (χ4n) is 3.68. The Balaban J connectivity index is 1.70. The summed E-state index contributed by atoms with van der Waals surface area (Å²) >= 11 is 0. The molecule has 0 fully saturated rings. The number of carbonyl (C=O) groups excluding carboxylic acids is 1. The minimum Gasteiger partial charge on any atom is -0.481 e. The Bertz CT molecular complexity index is 905. The van der Waals surface area contributed by atoms with Gasteiger partial charge in [-0.05, 0) is 48.1 Å². The predicted molar refractivity (Wildman–Crippen MR) is 119 cm³/mol. The third-order valence-corrected chi connectivity index (χ3v) is 5.27. The molecule has 1 atom stereocenters. The molecule has 1 N–H and O–H groups in total. The van der Waals surface area contributed by atoms with Crippen LogP contribution in [0.5, 0.6) is 0 Å². The number of aliphatic carboxylic acids is 1. The second-order valence-corrected chi connectivity index (χ2v) is 7.45. The number of carboxylic acid groups (broad SMARTS) is 1. The van der Waals surface area contributed by atoms with Gasteiger partial charge in [-0.3, -0.25) is 14.6 Å². The van der Waals surface area contributed by atoms with Crippen LogP contribution in [-0.2, 0) is 20.7 Å². The minimum atomic E-state index is -1.13. The van der Waals surface area contributed by atoms with E-state index in [1.54, 1.807) is 12.4 Å². The lowest BCUT2D eigenvalue weighted by Crippen LogP contribution is -2.28. The van der Waals surface area contributed by atoms with E-state index in [1.165, 1.54) is 0 Å². The fraction of sp³-hybridized carbons (Fsp3) is 0.269. The van der Waals surface area contributed by atoms with Crippen LogP contribution in [0.2, 0.25) is 0 Å². The lowest BCUT2D eigenvalue weighted by molar-refractivity contribution is -0.144. The number of hydrogen-bond acceptors (Lipinski definition) is 4. The third kappa shape index (κ3) is 7.15. The molecule has 5 nitrogen and oxygen atoms in total. The van der Waals surface area contributed by atoms with Crippen LogP contribution in [0.4, 0.5) is 0 Å². The topological polar surface area (TPSA) is 76.5 Å². The first-order valence-corrected chi connectivity index (χ1v) is 10.5. The summed E-state index contributed by atoms with van der Waals surface area (Å²) < 4.78 is 5.90. The summed E-state index contributed by atoms with van der Waals surface area (Å²) in [6.07, 6.45) is 3.93. The van der Waals surface area contributed by atoms with Crippen molar-refractivity contribution in [1.29, 1.82) is 0 Å². The molecule has 3 aromatic rings. The van der Waals surface area contributed by atoms with E-state index >= 15 is 0 Å².